The Morgan fingerprint density at radius 1 is 1.21 bits per heavy atom. The fourth-order valence-electron chi connectivity index (χ4n) is 2.25. The average Bonchev–Trinajstić information content (AvgIpc) is 2.86. The highest BCUT2D eigenvalue weighted by Crippen LogP contribution is 2.36. The summed E-state index contributed by atoms with van der Waals surface area (Å²) in [6.45, 7) is 0. The van der Waals surface area contributed by atoms with Crippen molar-refractivity contribution >= 4 is 0 Å². The third-order valence-corrected chi connectivity index (χ3v) is 3.19. The first-order valence-corrected chi connectivity index (χ1v) is 6.07. The molecule has 0 bridgehead atoms. The van der Waals surface area contributed by atoms with Crippen LogP contribution >= 0.6 is 0 Å². The molecule has 0 aliphatic rings. The number of methoxy groups -OCH3 is 2. The van der Waals surface area contributed by atoms with E-state index in [9.17, 15) is 0 Å². The molecule has 1 unspecified atom stereocenters. The minimum atomic E-state index is -0.0430. The van der Waals surface area contributed by atoms with Crippen molar-refractivity contribution in [2.75, 3.05) is 21.3 Å². The zero-order valence-electron chi connectivity index (χ0n) is 11.7. The first-order chi connectivity index (χ1) is 9.22. The summed E-state index contributed by atoms with van der Waals surface area (Å²) in [6, 6.07) is 5.73. The summed E-state index contributed by atoms with van der Waals surface area (Å²) in [4.78, 5) is 4.17. The van der Waals surface area contributed by atoms with Gasteiger partial charge in [-0.2, -0.15) is 0 Å². The van der Waals surface area contributed by atoms with Gasteiger partial charge in [-0.1, -0.05) is 6.07 Å². The maximum Gasteiger partial charge on any atom is 0.127 e. The quantitative estimate of drug-likeness (QED) is 0.890. The topological polar surface area (TPSA) is 48.3 Å². The maximum atomic E-state index is 5.46. The monoisotopic (exact) mass is 261 g/mol. The number of nitrogens with zero attached hydrogens (tertiary/aromatic N) is 2. The van der Waals surface area contributed by atoms with Crippen LogP contribution in [0.1, 0.15) is 17.3 Å². The van der Waals surface area contributed by atoms with E-state index in [4.69, 9.17) is 9.47 Å². The van der Waals surface area contributed by atoms with Crippen molar-refractivity contribution in [3.05, 3.63) is 42.0 Å². The Kier molecular flexibility index (Phi) is 4.06. The van der Waals surface area contributed by atoms with E-state index in [1.54, 1.807) is 20.5 Å². The van der Waals surface area contributed by atoms with Crippen LogP contribution in [0.25, 0.3) is 0 Å². The van der Waals surface area contributed by atoms with Crippen LogP contribution in [0.4, 0.5) is 0 Å². The molecule has 0 aliphatic heterocycles. The van der Waals surface area contributed by atoms with Crippen LogP contribution in [-0.2, 0) is 7.05 Å². The summed E-state index contributed by atoms with van der Waals surface area (Å²) >= 11 is 0. The summed E-state index contributed by atoms with van der Waals surface area (Å²) in [5.41, 5.74) is 2.02. The van der Waals surface area contributed by atoms with Crippen LogP contribution in [0.2, 0.25) is 0 Å². The number of imidazole rings is 1. The first kappa shape index (κ1) is 13.4. The number of rotatable bonds is 5. The van der Waals surface area contributed by atoms with E-state index in [0.29, 0.717) is 0 Å². The average molecular weight is 261 g/mol. The van der Waals surface area contributed by atoms with E-state index in [-0.39, 0.29) is 6.04 Å². The van der Waals surface area contributed by atoms with E-state index < -0.39 is 0 Å². The summed E-state index contributed by atoms with van der Waals surface area (Å²) in [5.74, 6) is 1.58. The highest BCUT2D eigenvalue weighted by atomic mass is 16.5. The zero-order chi connectivity index (χ0) is 13.8. The molecule has 1 N–H and O–H groups in total. The second kappa shape index (κ2) is 5.75. The van der Waals surface area contributed by atoms with Crippen molar-refractivity contribution in [2.24, 2.45) is 7.05 Å². The van der Waals surface area contributed by atoms with Gasteiger partial charge in [-0.3, -0.25) is 0 Å². The number of hydrogen-bond donors (Lipinski definition) is 1. The van der Waals surface area contributed by atoms with Crippen molar-refractivity contribution in [1.82, 2.24) is 14.9 Å². The largest absolute Gasteiger partial charge is 0.496 e. The van der Waals surface area contributed by atoms with E-state index in [1.807, 2.05) is 43.1 Å². The number of aryl methyl sites for hydroxylation is 1. The van der Waals surface area contributed by atoms with Gasteiger partial charge in [0.15, 0.2) is 0 Å². The molecule has 102 valence electrons. The minimum absolute atomic E-state index is 0.0430. The number of nitrogens with one attached hydrogen (secondary N) is 1. The molecule has 1 aromatic carbocycles. The van der Waals surface area contributed by atoms with Crippen LogP contribution < -0.4 is 14.8 Å². The number of hydrogen-bond acceptors (Lipinski definition) is 4. The molecular formula is C14H19N3O2. The molecule has 0 fully saturated rings. The second-order valence-corrected chi connectivity index (χ2v) is 4.23. The maximum absolute atomic E-state index is 5.46. The van der Waals surface area contributed by atoms with E-state index in [1.165, 1.54) is 0 Å². The van der Waals surface area contributed by atoms with Gasteiger partial charge < -0.3 is 19.4 Å². The minimum Gasteiger partial charge on any atom is -0.496 e. The third kappa shape index (κ3) is 2.42. The van der Waals surface area contributed by atoms with Crippen LogP contribution in [-0.4, -0.2) is 30.8 Å². The fourth-order valence-corrected chi connectivity index (χ4v) is 2.25. The van der Waals surface area contributed by atoms with Crippen molar-refractivity contribution < 1.29 is 9.47 Å². The second-order valence-electron chi connectivity index (χ2n) is 4.23. The summed E-state index contributed by atoms with van der Waals surface area (Å²) in [5, 5.41) is 3.29. The molecule has 5 heteroatoms. The number of ether oxygens (including phenoxy) is 2. The number of aromatic nitrogens is 2. The molecule has 1 aromatic heterocycles. The van der Waals surface area contributed by atoms with Crippen LogP contribution in [0, 0.1) is 0 Å². The molecule has 1 heterocycles. The predicted molar refractivity (Wildman–Crippen MR) is 73.7 cm³/mol. The molecule has 0 spiro atoms. The lowest BCUT2D eigenvalue weighted by Crippen LogP contribution is -2.21. The summed E-state index contributed by atoms with van der Waals surface area (Å²) in [7, 11) is 7.20. The lowest BCUT2D eigenvalue weighted by molar-refractivity contribution is 0.377. The predicted octanol–water partition coefficient (Wildman–Crippen LogP) is 1.75. The van der Waals surface area contributed by atoms with Crippen LogP contribution in [0.15, 0.2) is 30.7 Å². The molecular weight excluding hydrogens is 242 g/mol. The lowest BCUT2D eigenvalue weighted by Gasteiger charge is -2.22. The van der Waals surface area contributed by atoms with Crippen molar-refractivity contribution in [1.29, 1.82) is 0 Å². The third-order valence-electron chi connectivity index (χ3n) is 3.19. The first-order valence-electron chi connectivity index (χ1n) is 6.07. The molecule has 0 saturated carbocycles. The molecule has 0 radical (unpaired) electrons. The molecule has 0 amide bonds. The zero-order valence-corrected chi connectivity index (χ0v) is 11.7. The lowest BCUT2D eigenvalue weighted by atomic mass is 10.0. The SMILES string of the molecule is CNC(c1c(OC)cccc1OC)c1cncn1C. The summed E-state index contributed by atoms with van der Waals surface area (Å²) < 4.78 is 12.9. The van der Waals surface area contributed by atoms with Crippen molar-refractivity contribution in [3.63, 3.8) is 0 Å². The van der Waals surface area contributed by atoms with Gasteiger partial charge in [0.25, 0.3) is 0 Å². The van der Waals surface area contributed by atoms with Gasteiger partial charge in [0.2, 0.25) is 0 Å². The highest BCUT2D eigenvalue weighted by molar-refractivity contribution is 5.49. The van der Waals surface area contributed by atoms with Gasteiger partial charge in [-0.05, 0) is 19.2 Å². The Labute approximate surface area is 113 Å². The molecule has 2 aromatic rings. The van der Waals surface area contributed by atoms with Crippen LogP contribution in [0.5, 0.6) is 11.5 Å². The fraction of sp³-hybridized carbons (Fsp3) is 0.357. The van der Waals surface area contributed by atoms with Crippen molar-refractivity contribution in [3.8, 4) is 11.5 Å². The summed E-state index contributed by atoms with van der Waals surface area (Å²) in [6.07, 6.45) is 3.62. The van der Waals surface area contributed by atoms with Gasteiger partial charge in [0.1, 0.15) is 11.5 Å². The Hall–Kier alpha value is -2.01. The van der Waals surface area contributed by atoms with Gasteiger partial charge in [-0.15, -0.1) is 0 Å². The molecule has 0 aliphatic carbocycles. The smallest absolute Gasteiger partial charge is 0.127 e. The van der Waals surface area contributed by atoms with Gasteiger partial charge in [0.05, 0.1) is 44.0 Å². The van der Waals surface area contributed by atoms with Crippen LogP contribution in [0.3, 0.4) is 0 Å². The Morgan fingerprint density at radius 2 is 1.84 bits per heavy atom. The molecule has 2 rings (SSSR count). The van der Waals surface area contributed by atoms with Gasteiger partial charge in [0, 0.05) is 7.05 Å². The number of benzene rings is 1. The van der Waals surface area contributed by atoms with E-state index in [0.717, 1.165) is 22.8 Å². The van der Waals surface area contributed by atoms with Crippen molar-refractivity contribution in [2.45, 2.75) is 6.04 Å². The van der Waals surface area contributed by atoms with Gasteiger partial charge in [-0.25, -0.2) is 4.98 Å². The standard InChI is InChI=1S/C14H19N3O2/c1-15-14(10-8-16-9-17(10)2)13-11(18-3)6-5-7-12(13)19-4/h5-9,14-15H,1-4H3. The Balaban J connectivity index is 2.57. The van der Waals surface area contributed by atoms with Gasteiger partial charge >= 0.3 is 0 Å². The highest BCUT2D eigenvalue weighted by Gasteiger charge is 2.23. The Bertz CT molecular complexity index is 529. The molecule has 0 saturated heterocycles. The van der Waals surface area contributed by atoms with E-state index >= 15 is 0 Å². The Morgan fingerprint density at radius 3 is 2.26 bits per heavy atom. The normalized spacial score (nSPS) is 12.2. The molecule has 5 nitrogen and oxygen atoms in total. The molecule has 19 heavy (non-hydrogen) atoms. The molecule has 1 atom stereocenters. The van der Waals surface area contributed by atoms with E-state index in [2.05, 4.69) is 10.3 Å².